The van der Waals surface area contributed by atoms with Crippen molar-refractivity contribution in [1.29, 1.82) is 0 Å². The van der Waals surface area contributed by atoms with Crippen molar-refractivity contribution in [3.05, 3.63) is 35.4 Å². The van der Waals surface area contributed by atoms with Crippen LogP contribution in [0.2, 0.25) is 0 Å². The zero-order valence-electron chi connectivity index (χ0n) is 25.1. The van der Waals surface area contributed by atoms with Crippen LogP contribution in [0.25, 0.3) is 0 Å². The summed E-state index contributed by atoms with van der Waals surface area (Å²) < 4.78 is 58.1. The van der Waals surface area contributed by atoms with Gasteiger partial charge in [0.2, 0.25) is 0 Å². The van der Waals surface area contributed by atoms with Gasteiger partial charge in [-0.3, -0.25) is 0 Å². The predicted octanol–water partition coefficient (Wildman–Crippen LogP) is 5.81. The smallest absolute Gasteiger partial charge is 0.389 e. The van der Waals surface area contributed by atoms with Crippen molar-refractivity contribution in [1.82, 2.24) is 0 Å². The molecule has 5 fully saturated rings. The Morgan fingerprint density at radius 3 is 2.43 bits per heavy atom. The lowest BCUT2D eigenvalue weighted by atomic mass is 9.43. The molecule has 3 N–H and O–H groups in total. The minimum Gasteiger partial charge on any atom is -0.389 e. The highest BCUT2D eigenvalue weighted by Crippen LogP contribution is 2.70. The molecule has 1 aromatic carbocycles. The molecule has 0 amide bonds. The summed E-state index contributed by atoms with van der Waals surface area (Å²) in [5, 5.41) is 33.6. The SMILES string of the molecule is CO[C@H]1[C@H](O)[C@H](O[C@H]2CC[C@@]3(C)[C@H](CC[C@@H]4[C@@H]3CC[C@]3(C)[C@@H](c5cccc(C(F)(F)F)c5)CC[C@]43O)C2)O[C@@H](C)[C@@H]1O. The quantitative estimate of drug-likeness (QED) is 0.380. The van der Waals surface area contributed by atoms with Gasteiger partial charge in [-0.05, 0) is 105 Å². The van der Waals surface area contributed by atoms with Crippen LogP contribution in [0.3, 0.4) is 0 Å². The second-order valence-corrected chi connectivity index (χ2v) is 14.5. The number of hydrogen-bond acceptors (Lipinski definition) is 6. The normalized spacial score (nSPS) is 49.2. The minimum atomic E-state index is -4.38. The van der Waals surface area contributed by atoms with E-state index in [2.05, 4.69) is 13.8 Å². The predicted molar refractivity (Wildman–Crippen MR) is 149 cm³/mol. The Kier molecular flexibility index (Phi) is 7.84. The molecular formula is C33H47F3O6. The Balaban J connectivity index is 1.17. The molecule has 9 heteroatoms. The van der Waals surface area contributed by atoms with Crippen molar-refractivity contribution in [3.63, 3.8) is 0 Å². The number of halogens is 3. The van der Waals surface area contributed by atoms with Gasteiger partial charge in [-0.2, -0.15) is 13.2 Å². The fourth-order valence-corrected chi connectivity index (χ4v) is 10.4. The summed E-state index contributed by atoms with van der Waals surface area (Å²) >= 11 is 0. The van der Waals surface area contributed by atoms with E-state index in [1.54, 1.807) is 6.92 Å². The third-order valence-electron chi connectivity index (χ3n) is 12.8. The molecule has 0 aromatic heterocycles. The monoisotopic (exact) mass is 596 g/mol. The maximum Gasteiger partial charge on any atom is 0.416 e. The lowest BCUT2D eigenvalue weighted by Crippen LogP contribution is -2.62. The number of methoxy groups -OCH3 is 1. The Bertz CT molecular complexity index is 1150. The van der Waals surface area contributed by atoms with Crippen molar-refractivity contribution in [3.8, 4) is 0 Å². The van der Waals surface area contributed by atoms with Gasteiger partial charge in [0, 0.05) is 12.5 Å². The molecule has 1 saturated heterocycles. The fourth-order valence-electron chi connectivity index (χ4n) is 10.4. The van der Waals surface area contributed by atoms with Crippen LogP contribution in [-0.2, 0) is 20.4 Å². The second-order valence-electron chi connectivity index (χ2n) is 14.5. The van der Waals surface area contributed by atoms with Crippen molar-refractivity contribution in [2.75, 3.05) is 7.11 Å². The first kappa shape index (κ1) is 30.8. The highest BCUT2D eigenvalue weighted by atomic mass is 19.4. The van der Waals surface area contributed by atoms with Crippen LogP contribution >= 0.6 is 0 Å². The molecule has 0 spiro atoms. The highest BCUT2D eigenvalue weighted by Gasteiger charge is 2.67. The number of alkyl halides is 3. The lowest BCUT2D eigenvalue weighted by Gasteiger charge is -2.64. The summed E-state index contributed by atoms with van der Waals surface area (Å²) in [6.45, 7) is 6.25. The van der Waals surface area contributed by atoms with Gasteiger partial charge in [0.25, 0.3) is 0 Å². The Morgan fingerprint density at radius 2 is 1.71 bits per heavy atom. The van der Waals surface area contributed by atoms with Crippen LogP contribution in [0.15, 0.2) is 24.3 Å². The Morgan fingerprint density at radius 1 is 0.952 bits per heavy atom. The molecule has 42 heavy (non-hydrogen) atoms. The summed E-state index contributed by atoms with van der Waals surface area (Å²) in [5.74, 6) is 0.784. The maximum atomic E-state index is 13.5. The van der Waals surface area contributed by atoms with E-state index in [1.807, 2.05) is 6.07 Å². The van der Waals surface area contributed by atoms with Gasteiger partial charge >= 0.3 is 6.18 Å². The van der Waals surface area contributed by atoms with Crippen LogP contribution in [0.1, 0.15) is 95.6 Å². The van der Waals surface area contributed by atoms with Crippen molar-refractivity contribution >= 4 is 0 Å². The molecule has 1 aromatic rings. The summed E-state index contributed by atoms with van der Waals surface area (Å²) in [5.41, 5.74) is -1.24. The van der Waals surface area contributed by atoms with E-state index in [0.29, 0.717) is 30.2 Å². The fraction of sp³-hybridized carbons (Fsp3) is 0.818. The number of aliphatic hydroxyl groups is 3. The van der Waals surface area contributed by atoms with Crippen molar-refractivity contribution < 1.29 is 42.7 Å². The van der Waals surface area contributed by atoms with Gasteiger partial charge in [0.1, 0.15) is 18.3 Å². The summed E-state index contributed by atoms with van der Waals surface area (Å²) in [6, 6.07) is 5.75. The highest BCUT2D eigenvalue weighted by molar-refractivity contribution is 5.33. The first-order valence-electron chi connectivity index (χ1n) is 15.8. The van der Waals surface area contributed by atoms with Gasteiger partial charge in [0.05, 0.1) is 23.4 Å². The molecule has 6 rings (SSSR count). The Hall–Kier alpha value is -1.23. The molecule has 0 unspecified atom stereocenters. The van der Waals surface area contributed by atoms with E-state index < -0.39 is 53.5 Å². The topological polar surface area (TPSA) is 88.4 Å². The third-order valence-corrected chi connectivity index (χ3v) is 12.8. The van der Waals surface area contributed by atoms with Crippen LogP contribution in [-0.4, -0.2) is 64.8 Å². The molecule has 13 atom stereocenters. The van der Waals surface area contributed by atoms with Crippen molar-refractivity contribution in [2.45, 2.75) is 133 Å². The summed E-state index contributed by atoms with van der Waals surface area (Å²) in [7, 11) is 1.46. The average Bonchev–Trinajstić information content (AvgIpc) is 3.23. The van der Waals surface area contributed by atoms with E-state index in [1.165, 1.54) is 19.2 Å². The molecule has 236 valence electrons. The summed E-state index contributed by atoms with van der Waals surface area (Å²) in [4.78, 5) is 0. The van der Waals surface area contributed by atoms with E-state index in [4.69, 9.17) is 14.2 Å². The lowest BCUT2D eigenvalue weighted by molar-refractivity contribution is -0.313. The van der Waals surface area contributed by atoms with E-state index in [9.17, 15) is 28.5 Å². The van der Waals surface area contributed by atoms with Crippen molar-refractivity contribution in [2.24, 2.45) is 28.6 Å². The van der Waals surface area contributed by atoms with E-state index in [-0.39, 0.29) is 23.4 Å². The molecule has 1 heterocycles. The molecule has 4 saturated carbocycles. The molecule has 1 aliphatic heterocycles. The van der Waals surface area contributed by atoms with E-state index in [0.717, 1.165) is 51.0 Å². The zero-order valence-corrected chi connectivity index (χ0v) is 25.1. The van der Waals surface area contributed by atoms with Gasteiger partial charge in [-0.25, -0.2) is 0 Å². The first-order valence-corrected chi connectivity index (χ1v) is 15.8. The first-order chi connectivity index (χ1) is 19.7. The largest absolute Gasteiger partial charge is 0.416 e. The van der Waals surface area contributed by atoms with Crippen LogP contribution in [0.5, 0.6) is 0 Å². The molecular weight excluding hydrogens is 549 g/mol. The summed E-state index contributed by atoms with van der Waals surface area (Å²) in [6.07, 6.45) is -1.05. The average molecular weight is 597 g/mol. The molecule has 6 nitrogen and oxygen atoms in total. The van der Waals surface area contributed by atoms with Crippen LogP contribution in [0.4, 0.5) is 13.2 Å². The number of hydrogen-bond donors (Lipinski definition) is 3. The molecule has 0 bridgehead atoms. The maximum absolute atomic E-state index is 13.5. The molecule has 5 aliphatic rings. The van der Waals surface area contributed by atoms with Crippen LogP contribution < -0.4 is 0 Å². The number of benzene rings is 1. The van der Waals surface area contributed by atoms with Gasteiger partial charge in [0.15, 0.2) is 6.29 Å². The molecule has 0 radical (unpaired) electrons. The Labute approximate surface area is 246 Å². The van der Waals surface area contributed by atoms with Gasteiger partial charge in [-0.1, -0.05) is 32.0 Å². The second kappa shape index (κ2) is 10.7. The van der Waals surface area contributed by atoms with Gasteiger partial charge < -0.3 is 29.5 Å². The standard InChI is InChI=1S/C33H47F3O6/c1-18-26(37)28(40-4)27(38)29(41-18)42-22-10-13-30(2)20(17-22)8-9-25-24(30)11-14-31(3)23(12-15-32(25,31)39)19-6-5-7-21(16-19)33(34,35)36/h5-7,16,18,20,22-29,37-39H,8-15,17H2,1-4H3/t18-,20+,22-,23+,24-,25+,26-,27-,28+,29-,30-,31+,32-/m0/s1. The number of ether oxygens (including phenoxy) is 3. The third kappa shape index (κ3) is 4.67. The van der Waals surface area contributed by atoms with Crippen LogP contribution in [0, 0.1) is 28.6 Å². The van der Waals surface area contributed by atoms with Gasteiger partial charge in [-0.15, -0.1) is 0 Å². The molecule has 4 aliphatic carbocycles. The zero-order chi connectivity index (χ0) is 30.2. The number of fused-ring (bicyclic) bond motifs is 5. The minimum absolute atomic E-state index is 0.0404. The number of rotatable bonds is 4. The van der Waals surface area contributed by atoms with E-state index >= 15 is 0 Å². The number of aliphatic hydroxyl groups excluding tert-OH is 2.